The Hall–Kier alpha value is -2.30. The van der Waals surface area contributed by atoms with E-state index in [0.29, 0.717) is 6.42 Å². The molecule has 3 aliphatic rings. The van der Waals surface area contributed by atoms with E-state index in [-0.39, 0.29) is 30.6 Å². The van der Waals surface area contributed by atoms with Crippen LogP contribution in [0.15, 0.2) is 24.3 Å². The van der Waals surface area contributed by atoms with Gasteiger partial charge in [0.15, 0.2) is 0 Å². The van der Waals surface area contributed by atoms with Crippen LogP contribution in [0.4, 0.5) is 10.5 Å². The van der Waals surface area contributed by atoms with E-state index < -0.39 is 0 Å². The number of hydrogen-bond donors (Lipinski definition) is 0. The van der Waals surface area contributed by atoms with Crippen LogP contribution in [0.2, 0.25) is 0 Å². The summed E-state index contributed by atoms with van der Waals surface area (Å²) < 4.78 is 10.2. The number of hydrogen-bond acceptors (Lipinski definition) is 4. The van der Waals surface area contributed by atoms with E-state index in [0.717, 1.165) is 24.9 Å². The summed E-state index contributed by atoms with van der Waals surface area (Å²) in [5, 5.41) is 0. The Balaban J connectivity index is 1.54. The molecule has 0 aromatic heterocycles. The number of ether oxygens (including phenoxy) is 2. The Bertz CT molecular complexity index is 739. The number of amides is 1. The maximum absolute atomic E-state index is 12.3. The zero-order valence-electron chi connectivity index (χ0n) is 14.5. The van der Waals surface area contributed by atoms with E-state index in [2.05, 4.69) is 18.2 Å². The summed E-state index contributed by atoms with van der Waals surface area (Å²) in [6, 6.07) is 6.38. The minimum absolute atomic E-state index is 0.0114. The minimum Gasteiger partial charge on any atom is -0.469 e. The smallest absolute Gasteiger partial charge is 0.415 e. The Labute approximate surface area is 147 Å². The van der Waals surface area contributed by atoms with Gasteiger partial charge in [-0.25, -0.2) is 4.79 Å². The van der Waals surface area contributed by atoms with Crippen molar-refractivity contribution in [3.63, 3.8) is 0 Å². The molecule has 2 atom stereocenters. The van der Waals surface area contributed by atoms with E-state index in [9.17, 15) is 9.59 Å². The fourth-order valence-corrected chi connectivity index (χ4v) is 4.19. The molecule has 5 heteroatoms. The molecule has 1 saturated heterocycles. The van der Waals surface area contributed by atoms with Gasteiger partial charge in [0.2, 0.25) is 0 Å². The van der Waals surface area contributed by atoms with Gasteiger partial charge in [0, 0.05) is 6.42 Å². The van der Waals surface area contributed by atoms with Gasteiger partial charge < -0.3 is 9.47 Å². The van der Waals surface area contributed by atoms with Crippen LogP contribution in [0.3, 0.4) is 0 Å². The molecule has 25 heavy (non-hydrogen) atoms. The van der Waals surface area contributed by atoms with Gasteiger partial charge in [-0.2, -0.15) is 0 Å². The van der Waals surface area contributed by atoms with Crippen molar-refractivity contribution >= 4 is 23.3 Å². The molecule has 0 radical (unpaired) electrons. The highest BCUT2D eigenvalue weighted by atomic mass is 16.6. The SMILES string of the molecule is COC(=O)CC[C@@H]1OC(=O)N2c3ccc(C4=CCCCC4)cc3C[C@@H]12. The van der Waals surface area contributed by atoms with Crippen LogP contribution >= 0.6 is 0 Å². The Morgan fingerprint density at radius 2 is 2.24 bits per heavy atom. The normalized spacial score (nSPS) is 24.4. The highest BCUT2D eigenvalue weighted by Gasteiger charge is 2.47. The van der Waals surface area contributed by atoms with E-state index in [1.807, 2.05) is 6.07 Å². The lowest BCUT2D eigenvalue weighted by Gasteiger charge is -2.16. The van der Waals surface area contributed by atoms with Crippen molar-refractivity contribution < 1.29 is 19.1 Å². The number of allylic oxidation sites excluding steroid dienone is 2. The summed E-state index contributed by atoms with van der Waals surface area (Å²) >= 11 is 0. The largest absolute Gasteiger partial charge is 0.469 e. The van der Waals surface area contributed by atoms with Crippen molar-refractivity contribution in [3.8, 4) is 0 Å². The van der Waals surface area contributed by atoms with Crippen LogP contribution in [0.25, 0.3) is 5.57 Å². The lowest BCUT2D eigenvalue weighted by molar-refractivity contribution is -0.141. The standard InChI is InChI=1S/C20H23NO4/c1-24-19(22)10-9-18-17-12-15-11-14(13-5-3-2-4-6-13)7-8-16(15)21(17)20(23)25-18/h5,7-8,11,17-18H,2-4,6,9-10,12H2,1H3/t17-,18-/m0/s1. The van der Waals surface area contributed by atoms with Gasteiger partial charge in [-0.15, -0.1) is 0 Å². The molecule has 1 aromatic rings. The Kier molecular flexibility index (Phi) is 4.24. The molecule has 132 valence electrons. The summed E-state index contributed by atoms with van der Waals surface area (Å²) in [5.41, 5.74) is 4.86. The summed E-state index contributed by atoms with van der Waals surface area (Å²) in [6.07, 6.45) is 8.16. The summed E-state index contributed by atoms with van der Waals surface area (Å²) in [4.78, 5) is 25.5. The van der Waals surface area contributed by atoms with Crippen molar-refractivity contribution in [2.75, 3.05) is 12.0 Å². The quantitative estimate of drug-likeness (QED) is 0.781. The number of carbonyl (C=O) groups is 2. The first-order valence-corrected chi connectivity index (χ1v) is 9.06. The zero-order chi connectivity index (χ0) is 17.4. The number of anilines is 1. The molecule has 0 unspecified atom stereocenters. The van der Waals surface area contributed by atoms with Crippen LogP contribution in [0.1, 0.15) is 49.7 Å². The topological polar surface area (TPSA) is 55.8 Å². The Morgan fingerprint density at radius 1 is 1.36 bits per heavy atom. The zero-order valence-corrected chi connectivity index (χ0v) is 14.5. The van der Waals surface area contributed by atoms with Gasteiger partial charge in [0.25, 0.3) is 0 Å². The van der Waals surface area contributed by atoms with E-state index in [4.69, 9.17) is 9.47 Å². The number of cyclic esters (lactones) is 1. The van der Waals surface area contributed by atoms with Crippen LogP contribution in [0.5, 0.6) is 0 Å². The maximum atomic E-state index is 12.3. The van der Waals surface area contributed by atoms with Gasteiger partial charge in [-0.3, -0.25) is 9.69 Å². The first-order chi connectivity index (χ1) is 12.2. The number of rotatable bonds is 4. The number of methoxy groups -OCH3 is 1. The van der Waals surface area contributed by atoms with Crippen LogP contribution in [-0.4, -0.2) is 31.3 Å². The van der Waals surface area contributed by atoms with Crippen molar-refractivity contribution in [2.45, 2.75) is 57.1 Å². The second-order valence-electron chi connectivity index (χ2n) is 7.00. The lowest BCUT2D eigenvalue weighted by atomic mass is 9.92. The molecule has 2 aliphatic heterocycles. The maximum Gasteiger partial charge on any atom is 0.415 e. The average Bonchev–Trinajstić information content (AvgIpc) is 3.17. The third-order valence-corrected chi connectivity index (χ3v) is 5.50. The highest BCUT2D eigenvalue weighted by molar-refractivity contribution is 5.94. The summed E-state index contributed by atoms with van der Waals surface area (Å²) in [5.74, 6) is -0.267. The van der Waals surface area contributed by atoms with E-state index in [1.54, 1.807) is 4.90 Å². The molecule has 0 N–H and O–H groups in total. The van der Waals surface area contributed by atoms with Crippen molar-refractivity contribution in [1.29, 1.82) is 0 Å². The predicted molar refractivity (Wildman–Crippen MR) is 94.4 cm³/mol. The molecular formula is C20H23NO4. The predicted octanol–water partition coefficient (Wildman–Crippen LogP) is 3.85. The van der Waals surface area contributed by atoms with Crippen LogP contribution in [0, 0.1) is 0 Å². The summed E-state index contributed by atoms with van der Waals surface area (Å²) in [7, 11) is 1.38. The van der Waals surface area contributed by atoms with Gasteiger partial charge in [0.1, 0.15) is 6.10 Å². The molecule has 5 nitrogen and oxygen atoms in total. The molecule has 0 spiro atoms. The fraction of sp³-hybridized carbons (Fsp3) is 0.500. The van der Waals surface area contributed by atoms with Crippen LogP contribution in [-0.2, 0) is 20.7 Å². The molecule has 1 aromatic carbocycles. The van der Waals surface area contributed by atoms with Gasteiger partial charge >= 0.3 is 12.1 Å². The van der Waals surface area contributed by atoms with E-state index >= 15 is 0 Å². The average molecular weight is 341 g/mol. The first-order valence-electron chi connectivity index (χ1n) is 9.06. The monoisotopic (exact) mass is 341 g/mol. The van der Waals surface area contributed by atoms with Gasteiger partial charge in [0.05, 0.1) is 18.8 Å². The molecule has 1 amide bonds. The lowest BCUT2D eigenvalue weighted by Crippen LogP contribution is -2.33. The molecule has 0 saturated carbocycles. The van der Waals surface area contributed by atoms with Crippen molar-refractivity contribution in [3.05, 3.63) is 35.4 Å². The molecular weight excluding hydrogens is 318 g/mol. The van der Waals surface area contributed by atoms with Gasteiger partial charge in [-0.05, 0) is 67.4 Å². The second-order valence-corrected chi connectivity index (χ2v) is 7.00. The summed E-state index contributed by atoms with van der Waals surface area (Å²) in [6.45, 7) is 0. The number of esters is 1. The first kappa shape index (κ1) is 16.2. The van der Waals surface area contributed by atoms with Gasteiger partial charge in [-0.1, -0.05) is 12.1 Å². The minimum atomic E-state index is -0.303. The third kappa shape index (κ3) is 2.92. The molecule has 1 fully saturated rings. The van der Waals surface area contributed by atoms with E-state index in [1.165, 1.54) is 36.7 Å². The second kappa shape index (κ2) is 6.54. The van der Waals surface area contributed by atoms with Crippen LogP contribution < -0.4 is 4.90 Å². The Morgan fingerprint density at radius 3 is 3.00 bits per heavy atom. The third-order valence-electron chi connectivity index (χ3n) is 5.50. The number of fused-ring (bicyclic) bond motifs is 3. The number of nitrogens with zero attached hydrogens (tertiary/aromatic N) is 1. The van der Waals surface area contributed by atoms with Crippen molar-refractivity contribution in [2.24, 2.45) is 0 Å². The van der Waals surface area contributed by atoms with Crippen molar-refractivity contribution in [1.82, 2.24) is 0 Å². The fourth-order valence-electron chi connectivity index (χ4n) is 4.19. The number of benzene rings is 1. The molecule has 4 rings (SSSR count). The molecule has 0 bridgehead atoms. The highest BCUT2D eigenvalue weighted by Crippen LogP contribution is 2.41. The number of carbonyl (C=O) groups excluding carboxylic acids is 2. The molecule has 1 aliphatic carbocycles. The molecule has 2 heterocycles.